The maximum absolute atomic E-state index is 5.65. The lowest BCUT2D eigenvalue weighted by Gasteiger charge is -2.02. The molecule has 0 amide bonds. The van der Waals surface area contributed by atoms with E-state index in [2.05, 4.69) is 45.5 Å². The molecule has 0 atom stereocenters. The van der Waals surface area contributed by atoms with Crippen molar-refractivity contribution in [3.05, 3.63) is 46.6 Å². The van der Waals surface area contributed by atoms with Crippen molar-refractivity contribution in [2.45, 2.75) is 6.54 Å². The lowest BCUT2D eigenvalue weighted by atomic mass is 10.1. The first-order chi connectivity index (χ1) is 8.31. The quantitative estimate of drug-likeness (QED) is 0.769. The number of benzene rings is 2. The van der Waals surface area contributed by atoms with Crippen LogP contribution < -0.4 is 5.32 Å². The SMILES string of the molecule is CNCc1coc2c(Br)c3ccccc3cc12. The molecule has 2 nitrogen and oxygen atoms in total. The smallest absolute Gasteiger partial charge is 0.149 e. The Labute approximate surface area is 108 Å². The Hall–Kier alpha value is -1.32. The molecule has 0 saturated carbocycles. The lowest BCUT2D eigenvalue weighted by Crippen LogP contribution is -2.03. The number of furan rings is 1. The van der Waals surface area contributed by atoms with Gasteiger partial charge in [-0.2, -0.15) is 0 Å². The molecule has 0 aliphatic carbocycles. The largest absolute Gasteiger partial charge is 0.463 e. The number of hydrogen-bond donors (Lipinski definition) is 1. The van der Waals surface area contributed by atoms with Gasteiger partial charge in [0.2, 0.25) is 0 Å². The van der Waals surface area contributed by atoms with Crippen LogP contribution in [-0.2, 0) is 6.54 Å². The predicted molar refractivity (Wildman–Crippen MR) is 74.2 cm³/mol. The average molecular weight is 290 g/mol. The van der Waals surface area contributed by atoms with E-state index in [0.717, 1.165) is 16.6 Å². The molecule has 0 spiro atoms. The summed E-state index contributed by atoms with van der Waals surface area (Å²) in [6.45, 7) is 0.817. The second-order valence-corrected chi connectivity index (χ2v) is 4.87. The van der Waals surface area contributed by atoms with Crippen molar-refractivity contribution >= 4 is 37.7 Å². The van der Waals surface area contributed by atoms with E-state index in [1.54, 1.807) is 0 Å². The van der Waals surface area contributed by atoms with Gasteiger partial charge in [-0.15, -0.1) is 0 Å². The molecule has 0 aliphatic rings. The first-order valence-electron chi connectivity index (χ1n) is 5.53. The van der Waals surface area contributed by atoms with Crippen LogP contribution in [0.3, 0.4) is 0 Å². The molecule has 0 saturated heterocycles. The van der Waals surface area contributed by atoms with Crippen molar-refractivity contribution in [2.24, 2.45) is 0 Å². The van der Waals surface area contributed by atoms with Gasteiger partial charge in [-0.1, -0.05) is 24.3 Å². The lowest BCUT2D eigenvalue weighted by molar-refractivity contribution is 0.606. The highest BCUT2D eigenvalue weighted by Gasteiger charge is 2.11. The van der Waals surface area contributed by atoms with Crippen LogP contribution in [0.5, 0.6) is 0 Å². The van der Waals surface area contributed by atoms with E-state index in [1.165, 1.54) is 21.7 Å². The second kappa shape index (κ2) is 4.17. The third kappa shape index (κ3) is 1.66. The monoisotopic (exact) mass is 289 g/mol. The summed E-state index contributed by atoms with van der Waals surface area (Å²) in [5.74, 6) is 0. The summed E-state index contributed by atoms with van der Waals surface area (Å²) in [5, 5.41) is 6.74. The molecule has 0 radical (unpaired) electrons. The number of halogens is 1. The van der Waals surface area contributed by atoms with Crippen molar-refractivity contribution < 1.29 is 4.42 Å². The molecular weight excluding hydrogens is 278 g/mol. The number of rotatable bonds is 2. The van der Waals surface area contributed by atoms with Crippen LogP contribution in [0.25, 0.3) is 21.7 Å². The van der Waals surface area contributed by atoms with Crippen molar-refractivity contribution in [3.63, 3.8) is 0 Å². The van der Waals surface area contributed by atoms with Gasteiger partial charge in [0.15, 0.2) is 0 Å². The summed E-state index contributed by atoms with van der Waals surface area (Å²) < 4.78 is 6.69. The molecule has 0 aliphatic heterocycles. The van der Waals surface area contributed by atoms with Crippen molar-refractivity contribution in [1.82, 2.24) is 5.32 Å². The fourth-order valence-electron chi connectivity index (χ4n) is 2.16. The highest BCUT2D eigenvalue weighted by atomic mass is 79.9. The number of hydrogen-bond acceptors (Lipinski definition) is 2. The molecule has 1 N–H and O–H groups in total. The van der Waals surface area contributed by atoms with E-state index < -0.39 is 0 Å². The van der Waals surface area contributed by atoms with Crippen LogP contribution in [0, 0.1) is 0 Å². The van der Waals surface area contributed by atoms with E-state index in [1.807, 2.05) is 19.4 Å². The second-order valence-electron chi connectivity index (χ2n) is 4.08. The molecule has 1 aromatic heterocycles. The predicted octanol–water partition coefficient (Wildman–Crippen LogP) is 4.07. The molecule has 2 aromatic carbocycles. The zero-order valence-corrected chi connectivity index (χ0v) is 11.0. The van der Waals surface area contributed by atoms with Gasteiger partial charge < -0.3 is 9.73 Å². The minimum Gasteiger partial charge on any atom is -0.463 e. The molecule has 3 rings (SSSR count). The van der Waals surface area contributed by atoms with E-state index in [9.17, 15) is 0 Å². The van der Waals surface area contributed by atoms with Gasteiger partial charge in [-0.3, -0.25) is 0 Å². The molecule has 17 heavy (non-hydrogen) atoms. The van der Waals surface area contributed by atoms with E-state index in [4.69, 9.17) is 4.42 Å². The van der Waals surface area contributed by atoms with Crippen molar-refractivity contribution in [1.29, 1.82) is 0 Å². The zero-order valence-electron chi connectivity index (χ0n) is 9.46. The zero-order chi connectivity index (χ0) is 11.8. The highest BCUT2D eigenvalue weighted by molar-refractivity contribution is 9.10. The van der Waals surface area contributed by atoms with Crippen LogP contribution in [0.1, 0.15) is 5.56 Å². The third-order valence-corrected chi connectivity index (χ3v) is 3.76. The Morgan fingerprint density at radius 1 is 1.24 bits per heavy atom. The normalized spacial score (nSPS) is 11.4. The minimum absolute atomic E-state index is 0.817. The Kier molecular flexibility index (Phi) is 2.65. The standard InChI is InChI=1S/C14H12BrNO/c1-16-7-10-8-17-14-12(10)6-9-4-2-3-5-11(9)13(14)15/h2-6,8,16H,7H2,1H3. The molecule has 0 fully saturated rings. The van der Waals surface area contributed by atoms with Crippen LogP contribution in [0.15, 0.2) is 45.5 Å². The van der Waals surface area contributed by atoms with Gasteiger partial charge in [0.1, 0.15) is 5.58 Å². The van der Waals surface area contributed by atoms with Crippen LogP contribution >= 0.6 is 15.9 Å². The Balaban J connectivity index is 2.40. The summed E-state index contributed by atoms with van der Waals surface area (Å²) in [6, 6.07) is 10.5. The summed E-state index contributed by atoms with van der Waals surface area (Å²) in [6.07, 6.45) is 1.82. The number of nitrogens with one attached hydrogen (secondary N) is 1. The molecule has 0 unspecified atom stereocenters. The maximum atomic E-state index is 5.65. The Morgan fingerprint density at radius 2 is 2.06 bits per heavy atom. The van der Waals surface area contributed by atoms with Crippen LogP contribution in [0.4, 0.5) is 0 Å². The molecule has 1 heterocycles. The molecule has 0 bridgehead atoms. The van der Waals surface area contributed by atoms with Gasteiger partial charge in [0, 0.05) is 17.5 Å². The third-order valence-electron chi connectivity index (χ3n) is 2.97. The van der Waals surface area contributed by atoms with Gasteiger partial charge in [0.05, 0.1) is 10.7 Å². The molecule has 86 valence electrons. The molecule has 3 aromatic rings. The number of fused-ring (bicyclic) bond motifs is 2. The van der Waals surface area contributed by atoms with E-state index >= 15 is 0 Å². The van der Waals surface area contributed by atoms with Crippen LogP contribution in [-0.4, -0.2) is 7.05 Å². The minimum atomic E-state index is 0.817. The van der Waals surface area contributed by atoms with E-state index in [0.29, 0.717) is 0 Å². The summed E-state index contributed by atoms with van der Waals surface area (Å²) in [4.78, 5) is 0. The highest BCUT2D eigenvalue weighted by Crippen LogP contribution is 2.35. The Morgan fingerprint density at radius 3 is 2.88 bits per heavy atom. The maximum Gasteiger partial charge on any atom is 0.149 e. The first-order valence-corrected chi connectivity index (χ1v) is 6.32. The van der Waals surface area contributed by atoms with Gasteiger partial charge in [-0.05, 0) is 39.8 Å². The fourth-order valence-corrected chi connectivity index (χ4v) is 2.83. The van der Waals surface area contributed by atoms with E-state index in [-0.39, 0.29) is 0 Å². The Bertz CT molecular complexity index is 687. The fraction of sp³-hybridized carbons (Fsp3) is 0.143. The van der Waals surface area contributed by atoms with Crippen LogP contribution in [0.2, 0.25) is 0 Å². The molecular formula is C14H12BrNO. The molecule has 3 heteroatoms. The summed E-state index contributed by atoms with van der Waals surface area (Å²) in [5.41, 5.74) is 2.11. The summed E-state index contributed by atoms with van der Waals surface area (Å²) >= 11 is 3.63. The van der Waals surface area contributed by atoms with Crippen molar-refractivity contribution in [2.75, 3.05) is 7.05 Å². The van der Waals surface area contributed by atoms with Gasteiger partial charge >= 0.3 is 0 Å². The topological polar surface area (TPSA) is 25.2 Å². The first kappa shape index (κ1) is 10.8. The summed E-state index contributed by atoms with van der Waals surface area (Å²) in [7, 11) is 1.94. The van der Waals surface area contributed by atoms with Crippen molar-refractivity contribution in [3.8, 4) is 0 Å². The van der Waals surface area contributed by atoms with Gasteiger partial charge in [-0.25, -0.2) is 0 Å². The van der Waals surface area contributed by atoms with Gasteiger partial charge in [0.25, 0.3) is 0 Å². The average Bonchev–Trinajstić information content (AvgIpc) is 2.74.